The summed E-state index contributed by atoms with van der Waals surface area (Å²) in [5.74, 6) is -3.14. The Labute approximate surface area is 179 Å². The zero-order valence-corrected chi connectivity index (χ0v) is 17.2. The normalized spacial score (nSPS) is 11.7. The summed E-state index contributed by atoms with van der Waals surface area (Å²) < 4.78 is 68.4. The Bertz CT molecular complexity index is 1170. The number of benzene rings is 2. The minimum atomic E-state index is -4.67. The largest absolute Gasteiger partial charge is 0.435 e. The summed E-state index contributed by atoms with van der Waals surface area (Å²) in [4.78, 5) is 12.5. The van der Waals surface area contributed by atoms with Crippen LogP contribution >= 0.6 is 0 Å². The summed E-state index contributed by atoms with van der Waals surface area (Å²) in [5.41, 5.74) is 0.503. The lowest BCUT2D eigenvalue weighted by Gasteiger charge is -2.15. The minimum Gasteiger partial charge on any atom is -0.319 e. The number of aromatic nitrogens is 2. The van der Waals surface area contributed by atoms with Gasteiger partial charge in [0.2, 0.25) is 0 Å². The monoisotopic (exact) mass is 454 g/mol. The van der Waals surface area contributed by atoms with E-state index < -0.39 is 35.5 Å². The van der Waals surface area contributed by atoms with E-state index in [2.05, 4.69) is 10.4 Å². The molecule has 0 aliphatic carbocycles. The number of rotatable bonds is 5. The van der Waals surface area contributed by atoms with Crippen LogP contribution in [0.25, 0.3) is 11.3 Å². The van der Waals surface area contributed by atoms with Crippen LogP contribution in [0.3, 0.4) is 0 Å². The first-order chi connectivity index (χ1) is 14.9. The van der Waals surface area contributed by atoms with Gasteiger partial charge in [-0.2, -0.15) is 18.3 Å². The topological polar surface area (TPSA) is 79.2 Å². The van der Waals surface area contributed by atoms with E-state index in [9.17, 15) is 32.0 Å². The average molecular weight is 454 g/mol. The van der Waals surface area contributed by atoms with Crippen molar-refractivity contribution in [2.24, 2.45) is 0 Å². The molecular weight excluding hydrogens is 435 g/mol. The van der Waals surface area contributed by atoms with Crippen molar-refractivity contribution < 1.29 is 32.0 Å². The van der Waals surface area contributed by atoms with Gasteiger partial charge < -0.3 is 5.32 Å². The van der Waals surface area contributed by atoms with Crippen LogP contribution in [-0.2, 0) is 6.18 Å². The Morgan fingerprint density at radius 2 is 1.75 bits per heavy atom. The maximum Gasteiger partial charge on any atom is 0.435 e. The van der Waals surface area contributed by atoms with E-state index in [0.29, 0.717) is 0 Å². The van der Waals surface area contributed by atoms with Crippen LogP contribution in [0.1, 0.15) is 41.5 Å². The quantitative estimate of drug-likeness (QED) is 0.337. The van der Waals surface area contributed by atoms with Crippen molar-refractivity contribution in [2.75, 3.05) is 10.8 Å². The third kappa shape index (κ3) is 4.42. The Kier molecular flexibility index (Phi) is 6.22. The number of anilines is 2. The van der Waals surface area contributed by atoms with Crippen LogP contribution in [-0.4, -0.2) is 20.9 Å². The number of nitrogens with zero attached hydrogens (tertiary/aromatic N) is 2. The highest BCUT2D eigenvalue weighted by molar-refractivity contribution is 6.05. The number of carbonyl (C=O) groups excluding carboxylic acids is 1. The van der Waals surface area contributed by atoms with Crippen molar-refractivity contribution >= 4 is 17.3 Å². The van der Waals surface area contributed by atoms with Gasteiger partial charge in [0.1, 0.15) is 0 Å². The van der Waals surface area contributed by atoms with Crippen molar-refractivity contribution in [1.29, 1.82) is 0 Å². The zero-order valence-electron chi connectivity index (χ0n) is 17.2. The lowest BCUT2D eigenvalue weighted by atomic mass is 10.0. The first-order valence-corrected chi connectivity index (χ1v) is 9.41. The molecular formula is C21H19F5N4O2. The van der Waals surface area contributed by atoms with Gasteiger partial charge in [0, 0.05) is 17.2 Å². The van der Waals surface area contributed by atoms with E-state index in [1.165, 1.54) is 31.2 Å². The highest BCUT2D eigenvalue weighted by Crippen LogP contribution is 2.36. The molecule has 3 N–H and O–H groups in total. The maximum absolute atomic E-state index is 14.0. The van der Waals surface area contributed by atoms with Gasteiger partial charge in [0.15, 0.2) is 17.3 Å². The van der Waals surface area contributed by atoms with Gasteiger partial charge in [0.25, 0.3) is 5.91 Å². The van der Waals surface area contributed by atoms with Gasteiger partial charge in [-0.3, -0.25) is 20.2 Å². The van der Waals surface area contributed by atoms with Gasteiger partial charge in [-0.1, -0.05) is 6.07 Å². The van der Waals surface area contributed by atoms with E-state index in [1.54, 1.807) is 13.8 Å². The molecule has 0 saturated heterocycles. The van der Waals surface area contributed by atoms with Gasteiger partial charge in [-0.25, -0.2) is 8.78 Å². The van der Waals surface area contributed by atoms with E-state index in [-0.39, 0.29) is 33.8 Å². The second-order valence-corrected chi connectivity index (χ2v) is 7.34. The third-order valence-corrected chi connectivity index (χ3v) is 4.72. The lowest BCUT2D eigenvalue weighted by Crippen LogP contribution is -2.14. The molecule has 0 fully saturated rings. The highest BCUT2D eigenvalue weighted by atomic mass is 19.4. The fraction of sp³-hybridized carbons (Fsp3) is 0.238. The number of amides is 1. The van der Waals surface area contributed by atoms with Crippen LogP contribution in [0.4, 0.5) is 33.3 Å². The molecule has 0 spiro atoms. The standard InChI is InChI=1S/C21H19F5N4O2/c1-10(2)30-16(9-17(28-30)21(24,25)26)13-6-5-12(8-15(13)29-32)20(31)27-14-7-4-11(3)18(22)19(14)23/h4-10,29,32H,1-3H3,(H,27,31). The van der Waals surface area contributed by atoms with E-state index in [0.717, 1.165) is 16.8 Å². The fourth-order valence-electron chi connectivity index (χ4n) is 3.07. The molecule has 1 aromatic heterocycles. The predicted octanol–water partition coefficient (Wildman–Crippen LogP) is 5.79. The Morgan fingerprint density at radius 3 is 2.34 bits per heavy atom. The molecule has 3 rings (SSSR count). The molecule has 1 heterocycles. The molecule has 0 aliphatic rings. The molecule has 0 radical (unpaired) electrons. The van der Waals surface area contributed by atoms with E-state index >= 15 is 0 Å². The van der Waals surface area contributed by atoms with Gasteiger partial charge in [-0.05, 0) is 56.7 Å². The summed E-state index contributed by atoms with van der Waals surface area (Å²) in [6.45, 7) is 4.65. The lowest BCUT2D eigenvalue weighted by molar-refractivity contribution is -0.141. The molecule has 3 aromatic rings. The van der Waals surface area contributed by atoms with Crippen LogP contribution in [0.5, 0.6) is 0 Å². The second kappa shape index (κ2) is 8.58. The number of nitrogens with one attached hydrogen (secondary N) is 2. The number of hydrogen-bond donors (Lipinski definition) is 3. The van der Waals surface area contributed by atoms with E-state index in [1.807, 2.05) is 5.48 Å². The second-order valence-electron chi connectivity index (χ2n) is 7.34. The van der Waals surface area contributed by atoms with Crippen molar-refractivity contribution in [3.8, 4) is 11.3 Å². The first-order valence-electron chi connectivity index (χ1n) is 9.41. The summed E-state index contributed by atoms with van der Waals surface area (Å²) in [6.07, 6.45) is -4.67. The molecule has 0 atom stereocenters. The summed E-state index contributed by atoms with van der Waals surface area (Å²) in [7, 11) is 0. The maximum atomic E-state index is 14.0. The molecule has 32 heavy (non-hydrogen) atoms. The average Bonchev–Trinajstić information content (AvgIpc) is 3.20. The smallest absolute Gasteiger partial charge is 0.319 e. The summed E-state index contributed by atoms with van der Waals surface area (Å²) >= 11 is 0. The Hall–Kier alpha value is -3.47. The molecule has 1 amide bonds. The van der Waals surface area contributed by atoms with Crippen LogP contribution in [0.2, 0.25) is 0 Å². The molecule has 0 aliphatic heterocycles. The number of hydrogen-bond acceptors (Lipinski definition) is 4. The number of carbonyl (C=O) groups is 1. The van der Waals surface area contributed by atoms with Gasteiger partial charge in [-0.15, -0.1) is 0 Å². The fourth-order valence-corrected chi connectivity index (χ4v) is 3.07. The third-order valence-electron chi connectivity index (χ3n) is 4.72. The van der Waals surface area contributed by atoms with Crippen molar-refractivity contribution in [3.05, 3.63) is 64.9 Å². The zero-order chi connectivity index (χ0) is 23.8. The molecule has 11 heteroatoms. The highest BCUT2D eigenvalue weighted by Gasteiger charge is 2.35. The minimum absolute atomic E-state index is 0.0579. The molecule has 2 aromatic carbocycles. The van der Waals surface area contributed by atoms with Crippen molar-refractivity contribution in [3.63, 3.8) is 0 Å². The number of aryl methyl sites for hydroxylation is 1. The number of alkyl halides is 3. The van der Waals surface area contributed by atoms with Gasteiger partial charge >= 0.3 is 6.18 Å². The molecule has 170 valence electrons. The number of halogens is 5. The molecule has 6 nitrogen and oxygen atoms in total. The summed E-state index contributed by atoms with van der Waals surface area (Å²) in [6, 6.07) is 6.65. The Balaban J connectivity index is 1.99. The van der Waals surface area contributed by atoms with Crippen molar-refractivity contribution in [2.45, 2.75) is 33.0 Å². The first kappa shape index (κ1) is 23.2. The molecule has 0 saturated carbocycles. The predicted molar refractivity (Wildman–Crippen MR) is 108 cm³/mol. The molecule has 0 bridgehead atoms. The van der Waals surface area contributed by atoms with Crippen LogP contribution in [0, 0.1) is 18.6 Å². The molecule has 0 unspecified atom stereocenters. The summed E-state index contributed by atoms with van der Waals surface area (Å²) in [5, 5.41) is 15.4. The van der Waals surface area contributed by atoms with Crippen LogP contribution in [0.15, 0.2) is 36.4 Å². The Morgan fingerprint density at radius 1 is 1.06 bits per heavy atom. The van der Waals surface area contributed by atoms with Crippen LogP contribution < -0.4 is 10.8 Å². The SMILES string of the molecule is Cc1ccc(NC(=O)c2ccc(-c3cc(C(F)(F)F)nn3C(C)C)c(NO)c2)c(F)c1F. The van der Waals surface area contributed by atoms with E-state index in [4.69, 9.17) is 0 Å². The van der Waals surface area contributed by atoms with Crippen molar-refractivity contribution in [1.82, 2.24) is 9.78 Å². The van der Waals surface area contributed by atoms with Gasteiger partial charge in [0.05, 0.1) is 17.1 Å².